The molecule has 1 rings (SSSR count). The molecule has 0 aliphatic heterocycles. The van der Waals surface area contributed by atoms with Crippen molar-refractivity contribution in [1.29, 1.82) is 0 Å². The molecule has 1 aromatic rings. The van der Waals surface area contributed by atoms with Crippen molar-refractivity contribution in [3.63, 3.8) is 0 Å². The Kier molecular flexibility index (Phi) is 4.26. The third-order valence-electron chi connectivity index (χ3n) is 1.94. The van der Waals surface area contributed by atoms with Crippen molar-refractivity contribution in [3.8, 4) is 0 Å². The van der Waals surface area contributed by atoms with E-state index in [1.54, 1.807) is 0 Å². The molecular weight excluding hydrogens is 162 g/mol. The fourth-order valence-electron chi connectivity index (χ4n) is 1.28. The van der Waals surface area contributed by atoms with E-state index >= 15 is 0 Å². The molecule has 0 fully saturated rings. The van der Waals surface area contributed by atoms with Crippen molar-refractivity contribution in [1.82, 2.24) is 15.1 Å². The lowest BCUT2D eigenvalue weighted by Crippen LogP contribution is -2.12. The van der Waals surface area contributed by atoms with Crippen LogP contribution in [0.15, 0.2) is 24.9 Å². The zero-order chi connectivity index (χ0) is 9.52. The topological polar surface area (TPSA) is 29.9 Å². The van der Waals surface area contributed by atoms with Crippen molar-refractivity contribution in [2.24, 2.45) is 0 Å². The molecule has 1 N–H and O–H groups in total. The smallest absolute Gasteiger partial charge is 0.0521 e. The highest BCUT2D eigenvalue weighted by Crippen LogP contribution is 2.01. The number of allylic oxidation sites excluding steroid dienone is 1. The van der Waals surface area contributed by atoms with E-state index in [1.807, 2.05) is 30.1 Å². The highest BCUT2D eigenvalue weighted by molar-refractivity contribution is 4.99. The molecular formula is C10H17N3. The largest absolute Gasteiger partial charge is 0.314 e. The van der Waals surface area contributed by atoms with Gasteiger partial charge in [0.1, 0.15) is 0 Å². The first kappa shape index (κ1) is 9.99. The van der Waals surface area contributed by atoms with Crippen LogP contribution in [0.4, 0.5) is 0 Å². The van der Waals surface area contributed by atoms with Gasteiger partial charge in [0.15, 0.2) is 0 Å². The Morgan fingerprint density at radius 3 is 3.23 bits per heavy atom. The second-order valence-corrected chi connectivity index (χ2v) is 3.01. The Morgan fingerprint density at radius 2 is 2.54 bits per heavy atom. The first-order valence-corrected chi connectivity index (χ1v) is 4.64. The van der Waals surface area contributed by atoms with Crippen LogP contribution < -0.4 is 5.32 Å². The van der Waals surface area contributed by atoms with Crippen molar-refractivity contribution < 1.29 is 0 Å². The van der Waals surface area contributed by atoms with Crippen LogP contribution in [0.2, 0.25) is 0 Å². The Balaban J connectivity index is 2.44. The average molecular weight is 179 g/mol. The van der Waals surface area contributed by atoms with Gasteiger partial charge in [0.25, 0.3) is 0 Å². The Labute approximate surface area is 79.5 Å². The molecule has 13 heavy (non-hydrogen) atoms. The molecule has 0 bridgehead atoms. The molecule has 3 heteroatoms. The normalized spacial score (nSPS) is 10.2. The Hall–Kier alpha value is -1.09. The van der Waals surface area contributed by atoms with Crippen molar-refractivity contribution in [2.75, 3.05) is 7.05 Å². The number of rotatable bonds is 6. The summed E-state index contributed by atoms with van der Waals surface area (Å²) in [7, 11) is 1.95. The second-order valence-electron chi connectivity index (χ2n) is 3.01. The predicted octanol–water partition coefficient (Wildman–Crippen LogP) is 1.57. The summed E-state index contributed by atoms with van der Waals surface area (Å²) in [6.45, 7) is 5.56. The van der Waals surface area contributed by atoms with E-state index in [0.717, 1.165) is 25.9 Å². The fourth-order valence-corrected chi connectivity index (χ4v) is 1.28. The summed E-state index contributed by atoms with van der Waals surface area (Å²) < 4.78 is 2.04. The van der Waals surface area contributed by atoms with Crippen molar-refractivity contribution in [3.05, 3.63) is 30.6 Å². The van der Waals surface area contributed by atoms with Crippen molar-refractivity contribution >= 4 is 0 Å². The summed E-state index contributed by atoms with van der Waals surface area (Å²) in [6.07, 6.45) is 5.96. The maximum Gasteiger partial charge on any atom is 0.0521 e. The van der Waals surface area contributed by atoms with Crippen LogP contribution in [0.1, 0.15) is 18.5 Å². The highest BCUT2D eigenvalue weighted by Gasteiger charge is 1.99. The molecule has 3 nitrogen and oxygen atoms in total. The van der Waals surface area contributed by atoms with Crippen LogP contribution in [0, 0.1) is 0 Å². The van der Waals surface area contributed by atoms with E-state index in [0.29, 0.717) is 0 Å². The lowest BCUT2D eigenvalue weighted by Gasteiger charge is -2.05. The number of hydrogen-bond donors (Lipinski definition) is 1. The molecule has 0 amide bonds. The minimum atomic E-state index is 0.883. The lowest BCUT2D eigenvalue weighted by molar-refractivity contribution is 0.548. The minimum Gasteiger partial charge on any atom is -0.314 e. The maximum atomic E-state index is 4.25. The summed E-state index contributed by atoms with van der Waals surface area (Å²) in [5, 5.41) is 7.37. The number of nitrogens with zero attached hydrogens (tertiary/aromatic N) is 2. The average Bonchev–Trinajstić information content (AvgIpc) is 2.54. The molecule has 0 saturated carbocycles. The standard InChI is InChI=1S/C10H17N3/c1-3-4-5-8-13-10(9-11-2)6-7-12-13/h3,6-7,11H,1,4-5,8-9H2,2H3. The maximum absolute atomic E-state index is 4.25. The molecule has 0 aliphatic rings. The third kappa shape index (κ3) is 3.03. The van der Waals surface area contributed by atoms with Gasteiger partial charge in [-0.2, -0.15) is 5.10 Å². The molecule has 1 aromatic heterocycles. The number of aromatic nitrogens is 2. The number of nitrogens with one attached hydrogen (secondary N) is 1. The van der Waals surface area contributed by atoms with Gasteiger partial charge in [-0.25, -0.2) is 0 Å². The zero-order valence-electron chi connectivity index (χ0n) is 8.16. The summed E-state index contributed by atoms with van der Waals surface area (Å²) in [6, 6.07) is 2.05. The summed E-state index contributed by atoms with van der Waals surface area (Å²) in [5.74, 6) is 0. The molecule has 1 heterocycles. The summed E-state index contributed by atoms with van der Waals surface area (Å²) in [4.78, 5) is 0. The molecule has 0 aliphatic carbocycles. The Bertz CT molecular complexity index is 252. The van der Waals surface area contributed by atoms with Crippen LogP contribution in [0.25, 0.3) is 0 Å². The monoisotopic (exact) mass is 179 g/mol. The highest BCUT2D eigenvalue weighted by atomic mass is 15.3. The van der Waals surface area contributed by atoms with E-state index in [-0.39, 0.29) is 0 Å². The summed E-state index contributed by atoms with van der Waals surface area (Å²) in [5.41, 5.74) is 1.24. The number of aryl methyl sites for hydroxylation is 1. The van der Waals surface area contributed by atoms with Gasteiger partial charge in [-0.05, 0) is 26.0 Å². The van der Waals surface area contributed by atoms with Gasteiger partial charge < -0.3 is 5.32 Å². The third-order valence-corrected chi connectivity index (χ3v) is 1.94. The molecule has 72 valence electrons. The lowest BCUT2D eigenvalue weighted by atomic mass is 10.3. The van der Waals surface area contributed by atoms with E-state index < -0.39 is 0 Å². The predicted molar refractivity (Wildman–Crippen MR) is 54.4 cm³/mol. The first-order chi connectivity index (χ1) is 6.38. The molecule has 0 unspecified atom stereocenters. The second kappa shape index (κ2) is 5.54. The van der Waals surface area contributed by atoms with E-state index in [4.69, 9.17) is 0 Å². The minimum absolute atomic E-state index is 0.883. The number of hydrogen-bond acceptors (Lipinski definition) is 2. The van der Waals surface area contributed by atoms with Gasteiger partial charge in [0.05, 0.1) is 5.69 Å². The van der Waals surface area contributed by atoms with Gasteiger partial charge >= 0.3 is 0 Å². The van der Waals surface area contributed by atoms with Crippen LogP contribution >= 0.6 is 0 Å². The fraction of sp³-hybridized carbons (Fsp3) is 0.500. The molecule has 0 atom stereocenters. The van der Waals surface area contributed by atoms with Crippen LogP contribution in [-0.2, 0) is 13.1 Å². The molecule has 0 radical (unpaired) electrons. The van der Waals surface area contributed by atoms with Crippen LogP contribution in [0.5, 0.6) is 0 Å². The van der Waals surface area contributed by atoms with E-state index in [1.165, 1.54) is 5.69 Å². The molecule has 0 aromatic carbocycles. The van der Waals surface area contributed by atoms with Gasteiger partial charge in [0.2, 0.25) is 0 Å². The van der Waals surface area contributed by atoms with Gasteiger partial charge in [-0.15, -0.1) is 6.58 Å². The quantitative estimate of drug-likeness (QED) is 0.530. The van der Waals surface area contributed by atoms with Gasteiger partial charge in [-0.3, -0.25) is 4.68 Å². The van der Waals surface area contributed by atoms with E-state index in [9.17, 15) is 0 Å². The van der Waals surface area contributed by atoms with Gasteiger partial charge in [0, 0.05) is 19.3 Å². The van der Waals surface area contributed by atoms with Crippen LogP contribution in [-0.4, -0.2) is 16.8 Å². The zero-order valence-corrected chi connectivity index (χ0v) is 8.16. The summed E-state index contributed by atoms with van der Waals surface area (Å²) >= 11 is 0. The molecule has 0 saturated heterocycles. The van der Waals surface area contributed by atoms with Crippen LogP contribution in [0.3, 0.4) is 0 Å². The first-order valence-electron chi connectivity index (χ1n) is 4.64. The van der Waals surface area contributed by atoms with E-state index in [2.05, 4.69) is 17.0 Å². The van der Waals surface area contributed by atoms with Gasteiger partial charge in [-0.1, -0.05) is 6.08 Å². The Morgan fingerprint density at radius 1 is 1.69 bits per heavy atom. The number of unbranched alkanes of at least 4 members (excludes halogenated alkanes) is 1. The van der Waals surface area contributed by atoms with Crippen molar-refractivity contribution in [2.45, 2.75) is 25.9 Å². The SMILES string of the molecule is C=CCCCn1nccc1CNC. The molecule has 0 spiro atoms.